The van der Waals surface area contributed by atoms with E-state index in [2.05, 4.69) is 0 Å². The summed E-state index contributed by atoms with van der Waals surface area (Å²) in [6, 6.07) is 2.84. The van der Waals surface area contributed by atoms with Crippen LogP contribution in [0.3, 0.4) is 0 Å². The minimum absolute atomic E-state index is 0. The SMILES string of the molecule is Cc1c(O)ccc2c(O)c(N)c(=O)oc12.Cl. The molecule has 0 aliphatic rings. The molecular formula is C10H10ClNO4. The molecule has 5 nitrogen and oxygen atoms in total. The first-order valence-electron chi connectivity index (χ1n) is 4.26. The van der Waals surface area contributed by atoms with E-state index < -0.39 is 5.63 Å². The summed E-state index contributed by atoms with van der Waals surface area (Å²) in [5.41, 5.74) is 4.71. The summed E-state index contributed by atoms with van der Waals surface area (Å²) in [5.74, 6) is -0.320. The van der Waals surface area contributed by atoms with Crippen LogP contribution in [0.5, 0.6) is 11.5 Å². The molecule has 1 aromatic carbocycles. The molecule has 0 aliphatic heterocycles. The van der Waals surface area contributed by atoms with Crippen molar-refractivity contribution < 1.29 is 14.6 Å². The van der Waals surface area contributed by atoms with Crippen molar-refractivity contribution in [3.05, 3.63) is 28.1 Å². The lowest BCUT2D eigenvalue weighted by Gasteiger charge is -2.05. The van der Waals surface area contributed by atoms with Gasteiger partial charge in [-0.25, -0.2) is 4.79 Å². The molecule has 0 spiro atoms. The first-order valence-corrected chi connectivity index (χ1v) is 4.26. The first kappa shape index (κ1) is 12.2. The van der Waals surface area contributed by atoms with Crippen molar-refractivity contribution in [2.24, 2.45) is 0 Å². The summed E-state index contributed by atoms with van der Waals surface area (Å²) in [6.07, 6.45) is 0. The lowest BCUT2D eigenvalue weighted by atomic mass is 10.1. The van der Waals surface area contributed by atoms with Gasteiger partial charge in [-0.2, -0.15) is 0 Å². The van der Waals surface area contributed by atoms with Gasteiger partial charge in [-0.1, -0.05) is 0 Å². The molecule has 6 heteroatoms. The van der Waals surface area contributed by atoms with Gasteiger partial charge in [-0.05, 0) is 19.1 Å². The van der Waals surface area contributed by atoms with Crippen molar-refractivity contribution in [2.45, 2.75) is 6.92 Å². The van der Waals surface area contributed by atoms with Gasteiger partial charge in [-0.3, -0.25) is 0 Å². The highest BCUT2D eigenvalue weighted by molar-refractivity contribution is 5.90. The van der Waals surface area contributed by atoms with Gasteiger partial charge in [0.2, 0.25) is 0 Å². The number of anilines is 1. The van der Waals surface area contributed by atoms with Gasteiger partial charge in [0.1, 0.15) is 11.3 Å². The Hall–Kier alpha value is -1.88. The van der Waals surface area contributed by atoms with Crippen molar-refractivity contribution in [2.75, 3.05) is 5.73 Å². The number of phenols is 1. The van der Waals surface area contributed by atoms with E-state index in [9.17, 15) is 15.0 Å². The normalized spacial score (nSPS) is 10.1. The van der Waals surface area contributed by atoms with Crippen LogP contribution in [0, 0.1) is 6.92 Å². The summed E-state index contributed by atoms with van der Waals surface area (Å²) in [5, 5.41) is 19.3. The van der Waals surface area contributed by atoms with E-state index in [0.29, 0.717) is 10.9 Å². The smallest absolute Gasteiger partial charge is 0.363 e. The Labute approximate surface area is 96.5 Å². The zero-order valence-corrected chi connectivity index (χ0v) is 9.17. The molecule has 0 saturated carbocycles. The second-order valence-electron chi connectivity index (χ2n) is 3.24. The second-order valence-corrected chi connectivity index (χ2v) is 3.24. The van der Waals surface area contributed by atoms with Crippen LogP contribution in [0.25, 0.3) is 11.0 Å². The van der Waals surface area contributed by atoms with E-state index in [4.69, 9.17) is 10.2 Å². The number of hydrogen-bond acceptors (Lipinski definition) is 5. The maximum atomic E-state index is 11.2. The lowest BCUT2D eigenvalue weighted by Crippen LogP contribution is -2.06. The summed E-state index contributed by atoms with van der Waals surface area (Å²) >= 11 is 0. The molecule has 0 aliphatic carbocycles. The molecule has 1 aromatic heterocycles. The third kappa shape index (κ3) is 1.55. The molecule has 4 N–H and O–H groups in total. The number of aromatic hydroxyl groups is 2. The molecule has 2 rings (SSSR count). The van der Waals surface area contributed by atoms with Gasteiger partial charge >= 0.3 is 5.63 Å². The minimum Gasteiger partial charge on any atom is -0.508 e. The van der Waals surface area contributed by atoms with Crippen LogP contribution >= 0.6 is 12.4 Å². The van der Waals surface area contributed by atoms with Crippen LogP contribution in [0.2, 0.25) is 0 Å². The summed E-state index contributed by atoms with van der Waals surface area (Å²) in [4.78, 5) is 11.2. The fraction of sp³-hybridized carbons (Fsp3) is 0.100. The van der Waals surface area contributed by atoms with E-state index in [1.807, 2.05) is 0 Å². The number of benzene rings is 1. The Morgan fingerprint density at radius 3 is 2.56 bits per heavy atom. The predicted molar refractivity (Wildman–Crippen MR) is 62.2 cm³/mol. The standard InChI is InChI=1S/C10H9NO4.ClH/c1-4-6(12)3-2-5-8(13)7(11)10(14)15-9(4)5;/h2-3,12-13H,11H2,1H3;1H. The van der Waals surface area contributed by atoms with Crippen molar-refractivity contribution in [3.63, 3.8) is 0 Å². The fourth-order valence-electron chi connectivity index (χ4n) is 1.39. The molecule has 0 radical (unpaired) electrons. The van der Waals surface area contributed by atoms with Gasteiger partial charge in [0, 0.05) is 5.56 Å². The number of rotatable bonds is 0. The van der Waals surface area contributed by atoms with E-state index in [-0.39, 0.29) is 35.2 Å². The van der Waals surface area contributed by atoms with Crippen LogP contribution in [0.1, 0.15) is 5.56 Å². The van der Waals surface area contributed by atoms with Gasteiger partial charge in [-0.15, -0.1) is 12.4 Å². The summed E-state index contributed by atoms with van der Waals surface area (Å²) in [7, 11) is 0. The minimum atomic E-state index is -0.811. The molecule has 2 aromatic rings. The maximum absolute atomic E-state index is 11.2. The van der Waals surface area contributed by atoms with Crippen LogP contribution in [0.4, 0.5) is 5.69 Å². The van der Waals surface area contributed by atoms with E-state index >= 15 is 0 Å². The number of aryl methyl sites for hydroxylation is 1. The third-order valence-electron chi connectivity index (χ3n) is 2.30. The highest BCUT2D eigenvalue weighted by Crippen LogP contribution is 2.32. The number of halogens is 1. The molecule has 0 amide bonds. The largest absolute Gasteiger partial charge is 0.508 e. The highest BCUT2D eigenvalue weighted by Gasteiger charge is 2.13. The quantitative estimate of drug-likeness (QED) is 0.610. The van der Waals surface area contributed by atoms with Crippen LogP contribution in [-0.2, 0) is 0 Å². The van der Waals surface area contributed by atoms with Gasteiger partial charge in [0.25, 0.3) is 0 Å². The summed E-state index contributed by atoms with van der Waals surface area (Å²) < 4.78 is 4.88. The van der Waals surface area contributed by atoms with Crippen molar-refractivity contribution >= 4 is 29.1 Å². The Bertz CT molecular complexity index is 606. The monoisotopic (exact) mass is 243 g/mol. The number of hydrogen-bond donors (Lipinski definition) is 3. The molecule has 0 atom stereocenters. The predicted octanol–water partition coefficient (Wildman–Crippen LogP) is 1.52. The van der Waals surface area contributed by atoms with Crippen molar-refractivity contribution in [1.82, 2.24) is 0 Å². The molecule has 0 unspecified atom stereocenters. The molecule has 16 heavy (non-hydrogen) atoms. The zero-order chi connectivity index (χ0) is 11.2. The van der Waals surface area contributed by atoms with Crippen LogP contribution in [0.15, 0.2) is 21.3 Å². The average molecular weight is 244 g/mol. The zero-order valence-electron chi connectivity index (χ0n) is 8.35. The number of nitrogen functional groups attached to an aromatic ring is 1. The van der Waals surface area contributed by atoms with Gasteiger partial charge in [0.05, 0.1) is 5.39 Å². The number of phenolic OH excluding ortho intramolecular Hbond substituents is 1. The second kappa shape index (κ2) is 3.94. The molecule has 0 saturated heterocycles. The molecule has 0 fully saturated rings. The average Bonchev–Trinajstić information content (AvgIpc) is 2.21. The number of fused-ring (bicyclic) bond motifs is 1. The first-order chi connectivity index (χ1) is 7.02. The van der Waals surface area contributed by atoms with E-state index in [1.54, 1.807) is 6.92 Å². The number of nitrogens with two attached hydrogens (primary N) is 1. The van der Waals surface area contributed by atoms with Crippen LogP contribution in [-0.4, -0.2) is 10.2 Å². The maximum Gasteiger partial charge on any atom is 0.363 e. The molecule has 1 heterocycles. The van der Waals surface area contributed by atoms with E-state index in [0.717, 1.165) is 0 Å². The van der Waals surface area contributed by atoms with Crippen molar-refractivity contribution in [1.29, 1.82) is 0 Å². The summed E-state index contributed by atoms with van der Waals surface area (Å²) in [6.45, 7) is 1.58. The van der Waals surface area contributed by atoms with Gasteiger partial charge in [0.15, 0.2) is 11.4 Å². The van der Waals surface area contributed by atoms with Crippen molar-refractivity contribution in [3.8, 4) is 11.5 Å². The Kier molecular flexibility index (Phi) is 3.00. The fourth-order valence-corrected chi connectivity index (χ4v) is 1.39. The Morgan fingerprint density at radius 1 is 1.31 bits per heavy atom. The highest BCUT2D eigenvalue weighted by atomic mass is 35.5. The van der Waals surface area contributed by atoms with E-state index in [1.165, 1.54) is 12.1 Å². The molecular weight excluding hydrogens is 234 g/mol. The lowest BCUT2D eigenvalue weighted by molar-refractivity contribution is 0.462. The molecule has 86 valence electrons. The third-order valence-corrected chi connectivity index (χ3v) is 2.30. The Balaban J connectivity index is 0.00000128. The Morgan fingerprint density at radius 2 is 1.94 bits per heavy atom. The van der Waals surface area contributed by atoms with Gasteiger partial charge < -0.3 is 20.4 Å². The van der Waals surface area contributed by atoms with Crippen LogP contribution < -0.4 is 11.4 Å². The topological polar surface area (TPSA) is 96.7 Å². The molecule has 0 bridgehead atoms.